The molecule has 5 aromatic rings. The Morgan fingerprint density at radius 1 is 0.947 bits per heavy atom. The summed E-state index contributed by atoms with van der Waals surface area (Å²) in [6.07, 6.45) is 1.92. The standard InChI is InChI=1S/C42H50N7O7P/c1-28(2)49(29(3)4)57(54-23-11-22-43)56-36-24-38(48-27-46-39-40(47-30(5)50)44-26-45-41(39)48)55-37(36)25-53-42(31-12-9-8-10-13-31,32-14-18-34(51-6)19-15-32)33-16-20-35(52-7)21-17-33/h8-10,12-21,26-29,36-38H,11,23-25H2,1-7H3,(H,44,45,47,50)/t36-,37-,38-,57?/m1/s1. The minimum atomic E-state index is -1.64. The van der Waals surface area contributed by atoms with E-state index in [1.165, 1.54) is 13.3 Å². The number of carbonyl (C=O) groups excluding carboxylic acids is 1. The molecular formula is C42H50N7O7P. The Hall–Kier alpha value is -5.00. The van der Waals surface area contributed by atoms with Crippen molar-refractivity contribution in [3.05, 3.63) is 108 Å². The van der Waals surface area contributed by atoms with Gasteiger partial charge >= 0.3 is 0 Å². The summed E-state index contributed by atoms with van der Waals surface area (Å²) < 4.78 is 42.7. The van der Waals surface area contributed by atoms with Crippen molar-refractivity contribution in [3.8, 4) is 17.6 Å². The van der Waals surface area contributed by atoms with Gasteiger partial charge < -0.3 is 33.3 Å². The predicted octanol–water partition coefficient (Wildman–Crippen LogP) is 7.76. The van der Waals surface area contributed by atoms with Crippen LogP contribution >= 0.6 is 8.53 Å². The Morgan fingerprint density at radius 3 is 2.12 bits per heavy atom. The lowest BCUT2D eigenvalue weighted by molar-refractivity contribution is -0.114. The lowest BCUT2D eigenvalue weighted by atomic mass is 9.80. The van der Waals surface area contributed by atoms with Gasteiger partial charge in [0.2, 0.25) is 5.91 Å². The molecule has 0 aliphatic carbocycles. The zero-order valence-electron chi connectivity index (χ0n) is 33.4. The average molecular weight is 796 g/mol. The number of aromatic nitrogens is 4. The van der Waals surface area contributed by atoms with Gasteiger partial charge in [-0.25, -0.2) is 19.6 Å². The SMILES string of the molecule is COc1ccc(C(OC[C@H]2O[C@@H](n3cnc4c(NC(C)=O)ncnc43)C[C@H]2OP(OCCC#N)N(C(C)C)C(C)C)(c2ccccc2)c2ccc(OC)cc2)cc1. The third kappa shape index (κ3) is 9.26. The van der Waals surface area contributed by atoms with Crippen LogP contribution in [0.15, 0.2) is 91.5 Å². The lowest BCUT2D eigenvalue weighted by Gasteiger charge is -2.39. The topological polar surface area (TPSA) is 155 Å². The van der Waals surface area contributed by atoms with E-state index in [9.17, 15) is 10.1 Å². The molecule has 2 aromatic heterocycles. The van der Waals surface area contributed by atoms with Crippen LogP contribution in [0.2, 0.25) is 0 Å². The Balaban J connectivity index is 1.43. The number of anilines is 1. The molecule has 1 aliphatic heterocycles. The number of fused-ring (bicyclic) bond motifs is 1. The van der Waals surface area contributed by atoms with E-state index in [1.54, 1.807) is 20.5 Å². The first kappa shape index (κ1) is 41.6. The van der Waals surface area contributed by atoms with E-state index in [0.717, 1.165) is 16.7 Å². The van der Waals surface area contributed by atoms with Crippen molar-refractivity contribution >= 4 is 31.4 Å². The molecule has 3 heterocycles. The van der Waals surface area contributed by atoms with Gasteiger partial charge in [0.25, 0.3) is 8.53 Å². The molecule has 15 heteroatoms. The Labute approximate surface area is 335 Å². The molecule has 0 spiro atoms. The Morgan fingerprint density at radius 2 is 1.56 bits per heavy atom. The molecule has 1 N–H and O–H groups in total. The number of nitriles is 1. The molecular weight excluding hydrogens is 745 g/mol. The zero-order valence-corrected chi connectivity index (χ0v) is 34.3. The molecule has 3 aromatic carbocycles. The maximum atomic E-state index is 12.0. The van der Waals surface area contributed by atoms with Gasteiger partial charge in [0.05, 0.1) is 52.4 Å². The van der Waals surface area contributed by atoms with Gasteiger partial charge in [0.15, 0.2) is 17.0 Å². The van der Waals surface area contributed by atoms with Crippen molar-refractivity contribution in [3.63, 3.8) is 0 Å². The van der Waals surface area contributed by atoms with Crippen LogP contribution in [-0.4, -0.2) is 81.8 Å². The average Bonchev–Trinajstić information content (AvgIpc) is 3.83. The molecule has 1 aliphatic rings. The molecule has 4 atom stereocenters. The quantitative estimate of drug-likeness (QED) is 0.0524. The number of methoxy groups -OCH3 is 2. The highest BCUT2D eigenvalue weighted by Gasteiger charge is 2.45. The normalized spacial score (nSPS) is 17.6. The summed E-state index contributed by atoms with van der Waals surface area (Å²) in [5, 5.41) is 12.1. The minimum absolute atomic E-state index is 0.0865. The summed E-state index contributed by atoms with van der Waals surface area (Å²) in [4.78, 5) is 25.3. The maximum absolute atomic E-state index is 12.0. The van der Waals surface area contributed by atoms with Gasteiger partial charge in [-0.2, -0.15) is 5.26 Å². The van der Waals surface area contributed by atoms with Crippen molar-refractivity contribution in [1.29, 1.82) is 5.26 Å². The van der Waals surface area contributed by atoms with E-state index < -0.39 is 32.6 Å². The van der Waals surface area contributed by atoms with E-state index in [4.69, 9.17) is 28.0 Å². The molecule has 6 rings (SSSR count). The fraction of sp³-hybridized carbons (Fsp3) is 0.405. The number of carbonyl (C=O) groups is 1. The summed E-state index contributed by atoms with van der Waals surface area (Å²) in [5.41, 5.74) is 2.48. The van der Waals surface area contributed by atoms with E-state index in [-0.39, 0.29) is 37.6 Å². The number of ether oxygens (including phenoxy) is 4. The van der Waals surface area contributed by atoms with Gasteiger partial charge in [0, 0.05) is 25.4 Å². The van der Waals surface area contributed by atoms with Gasteiger partial charge in [-0.15, -0.1) is 0 Å². The van der Waals surface area contributed by atoms with Crippen LogP contribution in [0.25, 0.3) is 11.2 Å². The van der Waals surface area contributed by atoms with Crippen molar-refractivity contribution in [2.45, 2.75) is 83.6 Å². The van der Waals surface area contributed by atoms with Gasteiger partial charge in [-0.1, -0.05) is 54.6 Å². The van der Waals surface area contributed by atoms with Crippen LogP contribution < -0.4 is 14.8 Å². The van der Waals surface area contributed by atoms with Crippen LogP contribution in [0.3, 0.4) is 0 Å². The smallest absolute Gasteiger partial charge is 0.259 e. The number of hydrogen-bond acceptors (Lipinski definition) is 12. The number of nitrogens with one attached hydrogen (secondary N) is 1. The second kappa shape index (κ2) is 19.0. The first-order valence-electron chi connectivity index (χ1n) is 18.9. The molecule has 1 saturated heterocycles. The van der Waals surface area contributed by atoms with Crippen LogP contribution in [0, 0.1) is 11.3 Å². The molecule has 1 fully saturated rings. The van der Waals surface area contributed by atoms with Crippen LogP contribution in [0.4, 0.5) is 5.82 Å². The number of rotatable bonds is 18. The van der Waals surface area contributed by atoms with Crippen molar-refractivity contribution in [2.24, 2.45) is 0 Å². The van der Waals surface area contributed by atoms with Crippen molar-refractivity contribution in [1.82, 2.24) is 24.2 Å². The zero-order chi connectivity index (χ0) is 40.5. The highest BCUT2D eigenvalue weighted by Crippen LogP contribution is 2.51. The van der Waals surface area contributed by atoms with Gasteiger partial charge in [-0.3, -0.25) is 9.36 Å². The maximum Gasteiger partial charge on any atom is 0.259 e. The number of imidazole rings is 1. The molecule has 0 radical (unpaired) electrons. The summed E-state index contributed by atoms with van der Waals surface area (Å²) >= 11 is 0. The number of hydrogen-bond donors (Lipinski definition) is 1. The van der Waals surface area contributed by atoms with Crippen molar-refractivity contribution in [2.75, 3.05) is 32.8 Å². The lowest BCUT2D eigenvalue weighted by Crippen LogP contribution is -2.39. The predicted molar refractivity (Wildman–Crippen MR) is 217 cm³/mol. The van der Waals surface area contributed by atoms with Gasteiger partial charge in [-0.05, 0) is 68.7 Å². The Kier molecular flexibility index (Phi) is 13.8. The van der Waals surface area contributed by atoms with Crippen LogP contribution in [0.1, 0.15) is 70.4 Å². The third-order valence-corrected chi connectivity index (χ3v) is 11.8. The molecule has 57 heavy (non-hydrogen) atoms. The fourth-order valence-corrected chi connectivity index (χ4v) is 8.90. The van der Waals surface area contributed by atoms with E-state index in [1.807, 2.05) is 71.3 Å². The van der Waals surface area contributed by atoms with Crippen LogP contribution in [0.5, 0.6) is 11.5 Å². The monoisotopic (exact) mass is 795 g/mol. The summed E-state index contributed by atoms with van der Waals surface area (Å²) in [6, 6.07) is 28.2. The molecule has 1 amide bonds. The highest BCUT2D eigenvalue weighted by molar-refractivity contribution is 7.44. The first-order valence-corrected chi connectivity index (χ1v) is 20.1. The van der Waals surface area contributed by atoms with Gasteiger partial charge in [0.1, 0.15) is 35.8 Å². The minimum Gasteiger partial charge on any atom is -0.497 e. The largest absolute Gasteiger partial charge is 0.497 e. The molecule has 300 valence electrons. The van der Waals surface area contributed by atoms with E-state index in [2.05, 4.69) is 70.8 Å². The molecule has 1 unspecified atom stereocenters. The fourth-order valence-electron chi connectivity index (χ4n) is 7.14. The van der Waals surface area contributed by atoms with E-state index >= 15 is 0 Å². The summed E-state index contributed by atoms with van der Waals surface area (Å²) in [5.74, 6) is 1.47. The highest BCUT2D eigenvalue weighted by atomic mass is 31.2. The molecule has 0 bridgehead atoms. The van der Waals surface area contributed by atoms with Crippen LogP contribution in [-0.2, 0) is 28.9 Å². The molecule has 0 saturated carbocycles. The second-order valence-electron chi connectivity index (χ2n) is 14.1. The second-order valence-corrected chi connectivity index (χ2v) is 15.5. The number of benzene rings is 3. The Bertz CT molecular complexity index is 2050. The first-order chi connectivity index (χ1) is 27.6. The van der Waals surface area contributed by atoms with Crippen molar-refractivity contribution < 1.29 is 32.8 Å². The summed E-state index contributed by atoms with van der Waals surface area (Å²) in [6.45, 7) is 10.1. The summed E-state index contributed by atoms with van der Waals surface area (Å²) in [7, 11) is 1.64. The molecule has 14 nitrogen and oxygen atoms in total. The van der Waals surface area contributed by atoms with E-state index in [0.29, 0.717) is 34.9 Å². The third-order valence-electron chi connectivity index (χ3n) is 9.67. The number of nitrogens with zero attached hydrogens (tertiary/aromatic N) is 6. The number of amides is 1.